The van der Waals surface area contributed by atoms with Crippen molar-refractivity contribution >= 4 is 22.9 Å². The molecular formula is C11H16ClNS. The molecule has 0 saturated heterocycles. The molecule has 0 amide bonds. The number of hydrogen-bond donors (Lipinski definition) is 1. The average Bonchev–Trinajstić information content (AvgIpc) is 2.55. The van der Waals surface area contributed by atoms with Gasteiger partial charge >= 0.3 is 0 Å². The van der Waals surface area contributed by atoms with Crippen molar-refractivity contribution in [2.75, 3.05) is 13.6 Å². The van der Waals surface area contributed by atoms with Gasteiger partial charge in [0.25, 0.3) is 0 Å². The molecule has 3 heteroatoms. The molecule has 0 aromatic carbocycles. The standard InChI is InChI=1S/C11H16ClNS/c1-13-7-9-3-2-8(9)6-10-4-5-11(12)14-10/h4-5,8-9,13H,2-3,6-7H2,1H3. The Bertz CT molecular complexity index is 297. The Balaban J connectivity index is 1.86. The van der Waals surface area contributed by atoms with E-state index in [0.717, 1.165) is 16.2 Å². The smallest absolute Gasteiger partial charge is 0.0931 e. The van der Waals surface area contributed by atoms with Crippen LogP contribution in [-0.2, 0) is 6.42 Å². The topological polar surface area (TPSA) is 12.0 Å². The monoisotopic (exact) mass is 229 g/mol. The second-order valence-electron chi connectivity index (χ2n) is 4.07. The molecule has 1 heterocycles. The van der Waals surface area contributed by atoms with Crippen LogP contribution in [0.15, 0.2) is 12.1 Å². The molecule has 2 rings (SSSR count). The van der Waals surface area contributed by atoms with Crippen molar-refractivity contribution in [3.8, 4) is 0 Å². The highest BCUT2D eigenvalue weighted by atomic mass is 35.5. The van der Waals surface area contributed by atoms with E-state index in [1.54, 1.807) is 11.3 Å². The van der Waals surface area contributed by atoms with E-state index in [1.165, 1.54) is 30.7 Å². The lowest BCUT2D eigenvalue weighted by atomic mass is 9.71. The van der Waals surface area contributed by atoms with Crippen molar-refractivity contribution in [2.45, 2.75) is 19.3 Å². The van der Waals surface area contributed by atoms with Crippen LogP contribution in [0.2, 0.25) is 4.34 Å². The molecular weight excluding hydrogens is 214 g/mol. The van der Waals surface area contributed by atoms with E-state index in [9.17, 15) is 0 Å². The fourth-order valence-electron chi connectivity index (χ4n) is 2.16. The van der Waals surface area contributed by atoms with Crippen molar-refractivity contribution < 1.29 is 0 Å². The van der Waals surface area contributed by atoms with Gasteiger partial charge in [0.2, 0.25) is 0 Å². The molecule has 2 unspecified atom stereocenters. The van der Waals surface area contributed by atoms with Gasteiger partial charge in [-0.25, -0.2) is 0 Å². The lowest BCUT2D eigenvalue weighted by molar-refractivity contribution is 0.175. The fourth-order valence-corrected chi connectivity index (χ4v) is 3.34. The first-order valence-electron chi connectivity index (χ1n) is 5.18. The predicted molar refractivity (Wildman–Crippen MR) is 63.2 cm³/mol. The molecule has 1 aromatic heterocycles. The van der Waals surface area contributed by atoms with Gasteiger partial charge in [-0.05, 0) is 56.8 Å². The molecule has 1 aliphatic carbocycles. The van der Waals surface area contributed by atoms with Gasteiger partial charge in [0, 0.05) is 4.88 Å². The molecule has 1 saturated carbocycles. The van der Waals surface area contributed by atoms with Crippen LogP contribution in [0.1, 0.15) is 17.7 Å². The van der Waals surface area contributed by atoms with Crippen LogP contribution in [0.3, 0.4) is 0 Å². The van der Waals surface area contributed by atoms with Gasteiger partial charge in [0.15, 0.2) is 0 Å². The molecule has 78 valence electrons. The second kappa shape index (κ2) is 4.65. The molecule has 1 N–H and O–H groups in total. The van der Waals surface area contributed by atoms with E-state index >= 15 is 0 Å². The van der Waals surface area contributed by atoms with Gasteiger partial charge in [-0.3, -0.25) is 0 Å². The Kier molecular flexibility index (Phi) is 3.47. The van der Waals surface area contributed by atoms with Crippen LogP contribution < -0.4 is 5.32 Å². The fraction of sp³-hybridized carbons (Fsp3) is 0.636. The van der Waals surface area contributed by atoms with Crippen molar-refractivity contribution in [1.29, 1.82) is 0 Å². The normalized spacial score (nSPS) is 26.1. The zero-order valence-electron chi connectivity index (χ0n) is 8.42. The van der Waals surface area contributed by atoms with Crippen molar-refractivity contribution in [3.05, 3.63) is 21.3 Å². The summed E-state index contributed by atoms with van der Waals surface area (Å²) in [4.78, 5) is 1.45. The molecule has 0 spiro atoms. The number of rotatable bonds is 4. The summed E-state index contributed by atoms with van der Waals surface area (Å²) in [6.07, 6.45) is 4.01. The molecule has 1 aromatic rings. The quantitative estimate of drug-likeness (QED) is 0.836. The van der Waals surface area contributed by atoms with Gasteiger partial charge in [-0.15, -0.1) is 11.3 Å². The van der Waals surface area contributed by atoms with Gasteiger partial charge in [-0.2, -0.15) is 0 Å². The van der Waals surface area contributed by atoms with Crippen LogP contribution in [-0.4, -0.2) is 13.6 Å². The third-order valence-corrected chi connectivity index (χ3v) is 4.39. The van der Waals surface area contributed by atoms with Gasteiger partial charge in [0.05, 0.1) is 4.34 Å². The molecule has 1 nitrogen and oxygen atoms in total. The number of nitrogens with one attached hydrogen (secondary N) is 1. The number of halogens is 1. The predicted octanol–water partition coefficient (Wildman–Crippen LogP) is 3.19. The highest BCUT2D eigenvalue weighted by molar-refractivity contribution is 7.16. The summed E-state index contributed by atoms with van der Waals surface area (Å²) >= 11 is 7.64. The molecule has 0 bridgehead atoms. The molecule has 2 atom stereocenters. The Labute approximate surface area is 94.5 Å². The largest absolute Gasteiger partial charge is 0.319 e. The summed E-state index contributed by atoms with van der Waals surface area (Å²) in [6.45, 7) is 1.17. The van der Waals surface area contributed by atoms with Crippen LogP contribution in [0, 0.1) is 11.8 Å². The van der Waals surface area contributed by atoms with E-state index in [2.05, 4.69) is 11.4 Å². The highest BCUT2D eigenvalue weighted by Crippen LogP contribution is 2.37. The summed E-state index contributed by atoms with van der Waals surface area (Å²) in [6, 6.07) is 4.18. The maximum absolute atomic E-state index is 5.91. The lowest BCUT2D eigenvalue weighted by Crippen LogP contribution is -2.34. The van der Waals surface area contributed by atoms with E-state index in [-0.39, 0.29) is 0 Å². The minimum Gasteiger partial charge on any atom is -0.319 e. The molecule has 1 aliphatic rings. The lowest BCUT2D eigenvalue weighted by Gasteiger charge is -2.36. The third-order valence-electron chi connectivity index (χ3n) is 3.13. The Morgan fingerprint density at radius 2 is 2.21 bits per heavy atom. The van der Waals surface area contributed by atoms with E-state index in [4.69, 9.17) is 11.6 Å². The first-order chi connectivity index (χ1) is 6.79. The first kappa shape index (κ1) is 10.5. The number of thiophene rings is 1. The minimum absolute atomic E-state index is 0.886. The van der Waals surface area contributed by atoms with Crippen molar-refractivity contribution in [2.24, 2.45) is 11.8 Å². The molecule has 0 radical (unpaired) electrons. The Morgan fingerprint density at radius 1 is 1.43 bits per heavy atom. The second-order valence-corrected chi connectivity index (χ2v) is 5.86. The molecule has 1 fully saturated rings. The van der Waals surface area contributed by atoms with E-state index in [0.29, 0.717) is 0 Å². The first-order valence-corrected chi connectivity index (χ1v) is 6.38. The summed E-state index contributed by atoms with van der Waals surface area (Å²) in [5, 5.41) is 3.27. The van der Waals surface area contributed by atoms with Crippen LogP contribution in [0.5, 0.6) is 0 Å². The zero-order chi connectivity index (χ0) is 9.97. The van der Waals surface area contributed by atoms with Crippen LogP contribution in [0.25, 0.3) is 0 Å². The van der Waals surface area contributed by atoms with Gasteiger partial charge in [0.1, 0.15) is 0 Å². The van der Waals surface area contributed by atoms with Gasteiger partial charge in [-0.1, -0.05) is 11.6 Å². The maximum atomic E-state index is 5.91. The SMILES string of the molecule is CNCC1CCC1Cc1ccc(Cl)s1. The Hall–Kier alpha value is -0.0500. The van der Waals surface area contributed by atoms with Crippen LogP contribution in [0.4, 0.5) is 0 Å². The van der Waals surface area contributed by atoms with E-state index in [1.807, 2.05) is 13.1 Å². The Morgan fingerprint density at radius 3 is 2.71 bits per heavy atom. The highest BCUT2D eigenvalue weighted by Gasteiger charge is 2.30. The summed E-state index contributed by atoms with van der Waals surface area (Å²) in [7, 11) is 2.04. The van der Waals surface area contributed by atoms with Crippen molar-refractivity contribution in [3.63, 3.8) is 0 Å². The zero-order valence-corrected chi connectivity index (χ0v) is 10.00. The summed E-state index contributed by atoms with van der Waals surface area (Å²) < 4.78 is 0.921. The van der Waals surface area contributed by atoms with Crippen molar-refractivity contribution in [1.82, 2.24) is 5.32 Å². The number of hydrogen-bond acceptors (Lipinski definition) is 2. The van der Waals surface area contributed by atoms with Crippen LogP contribution >= 0.6 is 22.9 Å². The molecule has 14 heavy (non-hydrogen) atoms. The third kappa shape index (κ3) is 2.30. The van der Waals surface area contributed by atoms with E-state index < -0.39 is 0 Å². The summed E-state index contributed by atoms with van der Waals surface area (Å²) in [5.41, 5.74) is 0. The average molecular weight is 230 g/mol. The maximum Gasteiger partial charge on any atom is 0.0931 e. The molecule has 0 aliphatic heterocycles. The summed E-state index contributed by atoms with van der Waals surface area (Å²) in [5.74, 6) is 1.78. The van der Waals surface area contributed by atoms with Gasteiger partial charge < -0.3 is 5.32 Å². The minimum atomic E-state index is 0.886.